The van der Waals surface area contributed by atoms with Crippen molar-refractivity contribution in [2.75, 3.05) is 0 Å². The van der Waals surface area contributed by atoms with Gasteiger partial charge in [-0.1, -0.05) is 0 Å². The Hall–Kier alpha value is -0.873. The molecule has 1 aromatic carbocycles. The first-order chi connectivity index (χ1) is 6.42. The summed E-state index contributed by atoms with van der Waals surface area (Å²) in [6.07, 6.45) is 0. The molecule has 0 saturated carbocycles. The minimum absolute atomic E-state index is 0.278. The molecule has 0 aliphatic rings. The Balaban J connectivity index is 2.90. The van der Waals surface area contributed by atoms with Gasteiger partial charge in [-0.3, -0.25) is 0 Å². The number of hydrogen-bond acceptors (Lipinski definition) is 2. The van der Waals surface area contributed by atoms with E-state index in [2.05, 4.69) is 19.6 Å². The predicted octanol–water partition coefficient (Wildman–Crippen LogP) is 2.53. The number of rotatable bonds is 3. The van der Waals surface area contributed by atoms with Gasteiger partial charge in [-0.05, 0) is 37.8 Å². The lowest BCUT2D eigenvalue weighted by Crippen LogP contribution is -2.29. The minimum Gasteiger partial charge on any atom is -0.544 e. The molecule has 0 fully saturated rings. The molecule has 0 aromatic heterocycles. The van der Waals surface area contributed by atoms with Crippen molar-refractivity contribution in [1.82, 2.24) is 0 Å². The molecule has 0 heterocycles. The van der Waals surface area contributed by atoms with Crippen LogP contribution in [0.5, 0.6) is 5.75 Å². The van der Waals surface area contributed by atoms with E-state index in [1.807, 2.05) is 0 Å². The second-order valence-corrected chi connectivity index (χ2v) is 8.55. The third-order valence-electron chi connectivity index (χ3n) is 1.61. The molecule has 1 N–H and O–H groups in total. The van der Waals surface area contributed by atoms with Gasteiger partial charge in [-0.2, -0.15) is 0 Å². The van der Waals surface area contributed by atoms with Crippen molar-refractivity contribution in [2.24, 2.45) is 0 Å². The third kappa shape index (κ3) is 3.12. The Kier molecular flexibility index (Phi) is 3.28. The molecule has 0 aliphatic heterocycles. The monoisotopic (exact) mass is 214 g/mol. The van der Waals surface area contributed by atoms with Gasteiger partial charge in [0.1, 0.15) is 11.6 Å². The molecule has 0 bridgehead atoms. The summed E-state index contributed by atoms with van der Waals surface area (Å²) in [5.74, 6) is 0.241. The van der Waals surface area contributed by atoms with E-state index in [0.717, 1.165) is 0 Å². The Bertz CT molecular complexity index is 320. The zero-order valence-corrected chi connectivity index (χ0v) is 9.67. The van der Waals surface area contributed by atoms with Crippen LogP contribution < -0.4 is 4.43 Å². The first-order valence-corrected chi connectivity index (χ1v) is 7.91. The summed E-state index contributed by atoms with van der Waals surface area (Å²) in [6, 6.07) is 4.46. The van der Waals surface area contributed by atoms with Crippen LogP contribution in [0.15, 0.2) is 18.2 Å². The first-order valence-electron chi connectivity index (χ1n) is 4.51. The summed E-state index contributed by atoms with van der Waals surface area (Å²) in [7, 11) is -1.66. The summed E-state index contributed by atoms with van der Waals surface area (Å²) in [5.41, 5.74) is 0.278. The van der Waals surface area contributed by atoms with Crippen molar-refractivity contribution >= 4 is 8.32 Å². The number of aliphatic hydroxyl groups is 1. The Morgan fingerprint density at radius 2 is 2.00 bits per heavy atom. The van der Waals surface area contributed by atoms with Crippen molar-refractivity contribution in [1.29, 1.82) is 0 Å². The SMILES string of the molecule is C[Si](C)(C)Oc1ccc(F)c(CO)c1. The van der Waals surface area contributed by atoms with Crippen LogP contribution in [-0.2, 0) is 6.61 Å². The Morgan fingerprint density at radius 1 is 1.36 bits per heavy atom. The molecular formula is C10H15FO2Si. The Morgan fingerprint density at radius 3 is 2.50 bits per heavy atom. The fraction of sp³-hybridized carbons (Fsp3) is 0.400. The van der Waals surface area contributed by atoms with Crippen LogP contribution in [0.25, 0.3) is 0 Å². The maximum Gasteiger partial charge on any atom is 0.242 e. The molecule has 2 nitrogen and oxygen atoms in total. The largest absolute Gasteiger partial charge is 0.544 e. The van der Waals surface area contributed by atoms with Gasteiger partial charge in [-0.25, -0.2) is 4.39 Å². The van der Waals surface area contributed by atoms with Gasteiger partial charge in [0.15, 0.2) is 0 Å². The number of benzene rings is 1. The zero-order chi connectivity index (χ0) is 10.8. The van der Waals surface area contributed by atoms with Crippen LogP contribution in [0.3, 0.4) is 0 Å². The average Bonchev–Trinajstić information content (AvgIpc) is 2.06. The van der Waals surface area contributed by atoms with E-state index in [1.165, 1.54) is 6.07 Å². The highest BCUT2D eigenvalue weighted by Crippen LogP contribution is 2.20. The second kappa shape index (κ2) is 4.10. The first kappa shape index (κ1) is 11.2. The number of halogens is 1. The molecule has 78 valence electrons. The molecular weight excluding hydrogens is 199 g/mol. The maximum absolute atomic E-state index is 13.0. The van der Waals surface area contributed by atoms with E-state index in [9.17, 15) is 4.39 Å². The van der Waals surface area contributed by atoms with Crippen LogP contribution in [0.4, 0.5) is 4.39 Å². The van der Waals surface area contributed by atoms with E-state index >= 15 is 0 Å². The molecule has 0 unspecified atom stereocenters. The van der Waals surface area contributed by atoms with Gasteiger partial charge < -0.3 is 9.53 Å². The van der Waals surface area contributed by atoms with Crippen molar-refractivity contribution in [3.63, 3.8) is 0 Å². The molecule has 0 saturated heterocycles. The maximum atomic E-state index is 13.0. The van der Waals surface area contributed by atoms with E-state index in [0.29, 0.717) is 5.75 Å². The standard InChI is InChI=1S/C10H15FO2Si/c1-14(2,3)13-9-4-5-10(11)8(6-9)7-12/h4-6,12H,7H2,1-3H3. The lowest BCUT2D eigenvalue weighted by atomic mass is 10.2. The van der Waals surface area contributed by atoms with Gasteiger partial charge >= 0.3 is 0 Å². The van der Waals surface area contributed by atoms with Gasteiger partial charge in [0.25, 0.3) is 0 Å². The van der Waals surface area contributed by atoms with Crippen molar-refractivity contribution < 1.29 is 13.9 Å². The molecule has 4 heteroatoms. The van der Waals surface area contributed by atoms with E-state index < -0.39 is 14.1 Å². The molecule has 1 aromatic rings. The van der Waals surface area contributed by atoms with Crippen LogP contribution in [-0.4, -0.2) is 13.4 Å². The normalized spacial score (nSPS) is 11.5. The Labute approximate surface area is 84.5 Å². The lowest BCUT2D eigenvalue weighted by molar-refractivity contribution is 0.275. The van der Waals surface area contributed by atoms with Crippen LogP contribution in [0.2, 0.25) is 19.6 Å². The summed E-state index contributed by atoms with van der Waals surface area (Å²) in [5, 5.41) is 8.86. The van der Waals surface area contributed by atoms with Crippen LogP contribution >= 0.6 is 0 Å². The molecule has 0 atom stereocenters. The summed E-state index contributed by atoms with van der Waals surface area (Å²) < 4.78 is 18.7. The quantitative estimate of drug-likeness (QED) is 0.783. The van der Waals surface area contributed by atoms with E-state index in [4.69, 9.17) is 9.53 Å². The van der Waals surface area contributed by atoms with E-state index in [1.54, 1.807) is 12.1 Å². The minimum atomic E-state index is -1.66. The van der Waals surface area contributed by atoms with Gasteiger partial charge in [0, 0.05) is 5.56 Å². The summed E-state index contributed by atoms with van der Waals surface area (Å²) in [4.78, 5) is 0. The average molecular weight is 214 g/mol. The topological polar surface area (TPSA) is 29.5 Å². The smallest absolute Gasteiger partial charge is 0.242 e. The fourth-order valence-electron chi connectivity index (χ4n) is 1.09. The van der Waals surface area contributed by atoms with Gasteiger partial charge in [-0.15, -0.1) is 0 Å². The highest BCUT2D eigenvalue weighted by atomic mass is 28.4. The van der Waals surface area contributed by atoms with Crippen molar-refractivity contribution in [2.45, 2.75) is 26.2 Å². The van der Waals surface area contributed by atoms with Gasteiger partial charge in [0.05, 0.1) is 6.61 Å². The highest BCUT2D eigenvalue weighted by molar-refractivity contribution is 6.70. The fourth-order valence-corrected chi connectivity index (χ4v) is 1.92. The molecule has 0 spiro atoms. The molecule has 14 heavy (non-hydrogen) atoms. The predicted molar refractivity (Wildman–Crippen MR) is 56.3 cm³/mol. The van der Waals surface area contributed by atoms with Crippen LogP contribution in [0.1, 0.15) is 5.56 Å². The van der Waals surface area contributed by atoms with Crippen molar-refractivity contribution in [3.05, 3.63) is 29.6 Å². The molecule has 0 amide bonds. The molecule has 0 aliphatic carbocycles. The summed E-state index contributed by atoms with van der Waals surface area (Å²) in [6.45, 7) is 5.85. The lowest BCUT2D eigenvalue weighted by Gasteiger charge is -2.19. The zero-order valence-electron chi connectivity index (χ0n) is 8.67. The molecule has 0 radical (unpaired) electrons. The van der Waals surface area contributed by atoms with Crippen LogP contribution in [0, 0.1) is 5.82 Å². The summed E-state index contributed by atoms with van der Waals surface area (Å²) >= 11 is 0. The third-order valence-corrected chi connectivity index (χ3v) is 2.46. The van der Waals surface area contributed by atoms with E-state index in [-0.39, 0.29) is 12.2 Å². The van der Waals surface area contributed by atoms with Gasteiger partial charge in [0.2, 0.25) is 8.32 Å². The number of aliphatic hydroxyl groups excluding tert-OH is 1. The number of hydrogen-bond donors (Lipinski definition) is 1. The highest BCUT2D eigenvalue weighted by Gasteiger charge is 2.16. The molecule has 1 rings (SSSR count). The van der Waals surface area contributed by atoms with Crippen molar-refractivity contribution in [3.8, 4) is 5.75 Å². The second-order valence-electron chi connectivity index (χ2n) is 4.13.